The summed E-state index contributed by atoms with van der Waals surface area (Å²) in [4.78, 5) is 3.89. The fraction of sp³-hybridized carbons (Fsp3) is 0.0909. The number of hydrogen-bond acceptors (Lipinski definition) is 4. The maximum absolute atomic E-state index is 8.63. The first-order valence-electron chi connectivity index (χ1n) is 4.25. The molecule has 0 aromatic heterocycles. The maximum atomic E-state index is 8.63. The molecule has 0 amide bonds. The monoisotopic (exact) mass is 196 g/mol. The number of rotatable bonds is 3. The lowest BCUT2D eigenvalue weighted by atomic mass is 10.2. The van der Waals surface area contributed by atoms with Crippen LogP contribution in [0.3, 0.4) is 0 Å². The molecule has 0 bridgehead atoms. The number of nitriles is 2. The Morgan fingerprint density at radius 1 is 1.20 bits per heavy atom. The van der Waals surface area contributed by atoms with E-state index in [2.05, 4.69) is 4.99 Å². The second kappa shape index (κ2) is 5.31. The van der Waals surface area contributed by atoms with Gasteiger partial charge >= 0.3 is 0 Å². The summed E-state index contributed by atoms with van der Waals surface area (Å²) in [7, 11) is 0. The Morgan fingerprint density at radius 3 is 2.40 bits per heavy atom. The van der Waals surface area contributed by atoms with Gasteiger partial charge in [0.05, 0.1) is 6.54 Å². The molecule has 0 fully saturated rings. The minimum absolute atomic E-state index is 0.124. The third-order valence-electron chi connectivity index (χ3n) is 1.72. The van der Waals surface area contributed by atoms with Crippen LogP contribution in [0.1, 0.15) is 5.56 Å². The highest BCUT2D eigenvalue weighted by molar-refractivity contribution is 6.52. The number of aliphatic imine (C=N–C) groups is 1. The number of hydrogen-bond donors (Lipinski definition) is 1. The Bertz CT molecular complexity index is 460. The number of nitrogens with one attached hydrogen (secondary N) is 1. The van der Waals surface area contributed by atoms with Crippen LogP contribution >= 0.6 is 0 Å². The van der Waals surface area contributed by atoms with Crippen molar-refractivity contribution in [2.45, 2.75) is 6.54 Å². The molecule has 0 aliphatic carbocycles. The smallest absolute Gasteiger partial charge is 0.171 e. The number of nitrogens with zero attached hydrogens (tertiary/aromatic N) is 3. The van der Waals surface area contributed by atoms with Crippen LogP contribution < -0.4 is 0 Å². The number of benzene rings is 1. The van der Waals surface area contributed by atoms with Crippen LogP contribution in [-0.4, -0.2) is 11.4 Å². The minimum atomic E-state index is -0.395. The summed E-state index contributed by atoms with van der Waals surface area (Å²) in [6.07, 6.45) is 0. The van der Waals surface area contributed by atoms with Crippen LogP contribution in [0.15, 0.2) is 35.3 Å². The third-order valence-corrected chi connectivity index (χ3v) is 1.72. The third kappa shape index (κ3) is 3.06. The lowest BCUT2D eigenvalue weighted by Crippen LogP contribution is -2.08. The van der Waals surface area contributed by atoms with Gasteiger partial charge in [-0.25, -0.2) is 0 Å². The molecule has 0 unspecified atom stereocenters. The van der Waals surface area contributed by atoms with E-state index >= 15 is 0 Å². The van der Waals surface area contributed by atoms with E-state index in [-0.39, 0.29) is 5.71 Å². The quantitative estimate of drug-likeness (QED) is 0.746. The first-order valence-corrected chi connectivity index (χ1v) is 4.25. The van der Waals surface area contributed by atoms with Gasteiger partial charge < -0.3 is 0 Å². The molecule has 1 rings (SSSR count). The van der Waals surface area contributed by atoms with Gasteiger partial charge in [0.15, 0.2) is 11.4 Å². The van der Waals surface area contributed by atoms with E-state index in [1.807, 2.05) is 30.3 Å². The molecule has 1 aromatic rings. The van der Waals surface area contributed by atoms with Gasteiger partial charge in [-0.3, -0.25) is 10.4 Å². The van der Waals surface area contributed by atoms with Crippen molar-refractivity contribution in [3.8, 4) is 12.1 Å². The Kier molecular flexibility index (Phi) is 3.76. The molecule has 0 spiro atoms. The van der Waals surface area contributed by atoms with Crippen LogP contribution in [0, 0.1) is 28.1 Å². The zero-order chi connectivity index (χ0) is 11.1. The topological polar surface area (TPSA) is 83.8 Å². The molecular formula is C11H8N4. The summed E-state index contributed by atoms with van der Waals surface area (Å²) in [5.41, 5.74) is 0.422. The molecule has 0 aliphatic heterocycles. The van der Waals surface area contributed by atoms with Gasteiger partial charge in [0, 0.05) is 0 Å². The molecule has 4 nitrogen and oxygen atoms in total. The van der Waals surface area contributed by atoms with E-state index in [1.54, 1.807) is 12.1 Å². The molecule has 1 aromatic carbocycles. The molecule has 0 atom stereocenters. The zero-order valence-corrected chi connectivity index (χ0v) is 7.94. The Morgan fingerprint density at radius 2 is 1.87 bits per heavy atom. The van der Waals surface area contributed by atoms with E-state index in [9.17, 15) is 0 Å². The summed E-state index contributed by atoms with van der Waals surface area (Å²) < 4.78 is 0. The summed E-state index contributed by atoms with van der Waals surface area (Å²) in [6.45, 7) is 0.313. The van der Waals surface area contributed by atoms with E-state index < -0.39 is 5.71 Å². The molecule has 0 heterocycles. The van der Waals surface area contributed by atoms with Gasteiger partial charge in [-0.15, -0.1) is 0 Å². The van der Waals surface area contributed by atoms with Crippen LogP contribution in [0.25, 0.3) is 0 Å². The van der Waals surface area contributed by atoms with Crippen molar-refractivity contribution >= 4 is 11.4 Å². The van der Waals surface area contributed by atoms with Gasteiger partial charge in [-0.2, -0.15) is 10.5 Å². The molecule has 0 radical (unpaired) electrons. The van der Waals surface area contributed by atoms with Crippen LogP contribution in [0.4, 0.5) is 0 Å². The average molecular weight is 196 g/mol. The van der Waals surface area contributed by atoms with Crippen molar-refractivity contribution in [2.24, 2.45) is 4.99 Å². The second-order valence-corrected chi connectivity index (χ2v) is 2.75. The van der Waals surface area contributed by atoms with Crippen molar-refractivity contribution in [2.75, 3.05) is 0 Å². The van der Waals surface area contributed by atoms with Crippen molar-refractivity contribution in [3.05, 3.63) is 35.9 Å². The van der Waals surface area contributed by atoms with E-state index in [0.717, 1.165) is 5.56 Å². The average Bonchev–Trinajstić information content (AvgIpc) is 2.31. The van der Waals surface area contributed by atoms with E-state index in [0.29, 0.717) is 6.54 Å². The van der Waals surface area contributed by atoms with E-state index in [1.165, 1.54) is 0 Å². The van der Waals surface area contributed by atoms with Gasteiger partial charge in [-0.1, -0.05) is 30.3 Å². The molecule has 72 valence electrons. The Balaban J connectivity index is 2.78. The van der Waals surface area contributed by atoms with Crippen LogP contribution in [0.2, 0.25) is 0 Å². The standard InChI is InChI=1S/C11H8N4/c12-6-10(14)11(7-13)15-8-9-4-2-1-3-5-9/h1-5,14H,8H2. The first-order chi connectivity index (χ1) is 7.27. The second-order valence-electron chi connectivity index (χ2n) is 2.75. The summed E-state index contributed by atoms with van der Waals surface area (Å²) in [5.74, 6) is 0. The molecular weight excluding hydrogens is 188 g/mol. The molecule has 4 heteroatoms. The highest BCUT2D eigenvalue weighted by Gasteiger charge is 2.03. The van der Waals surface area contributed by atoms with Crippen LogP contribution in [0.5, 0.6) is 0 Å². The van der Waals surface area contributed by atoms with Crippen molar-refractivity contribution in [1.29, 1.82) is 15.9 Å². The van der Waals surface area contributed by atoms with Crippen molar-refractivity contribution < 1.29 is 0 Å². The molecule has 0 aliphatic rings. The molecule has 0 saturated carbocycles. The predicted octanol–water partition coefficient (Wildman–Crippen LogP) is 1.69. The Labute approximate surface area is 87.6 Å². The summed E-state index contributed by atoms with van der Waals surface area (Å²) in [6, 6.07) is 12.7. The predicted molar refractivity (Wildman–Crippen MR) is 56.5 cm³/mol. The maximum Gasteiger partial charge on any atom is 0.171 e. The normalized spacial score (nSPS) is 10.1. The zero-order valence-electron chi connectivity index (χ0n) is 7.94. The minimum Gasteiger partial charge on any atom is -0.288 e. The highest BCUT2D eigenvalue weighted by Crippen LogP contribution is 2.00. The van der Waals surface area contributed by atoms with Gasteiger partial charge in [0.1, 0.15) is 12.1 Å². The summed E-state index contributed by atoms with van der Waals surface area (Å²) >= 11 is 0. The highest BCUT2D eigenvalue weighted by atomic mass is 14.7. The lowest BCUT2D eigenvalue weighted by Gasteiger charge is -1.95. The van der Waals surface area contributed by atoms with Gasteiger partial charge in [0.25, 0.3) is 0 Å². The van der Waals surface area contributed by atoms with Gasteiger partial charge in [0.2, 0.25) is 0 Å². The fourth-order valence-corrected chi connectivity index (χ4v) is 0.977. The molecule has 15 heavy (non-hydrogen) atoms. The van der Waals surface area contributed by atoms with Gasteiger partial charge in [-0.05, 0) is 5.56 Å². The SMILES string of the molecule is N#CC(=N)C(C#N)=NCc1ccccc1. The van der Waals surface area contributed by atoms with Crippen molar-refractivity contribution in [1.82, 2.24) is 0 Å². The Hall–Kier alpha value is -2.46. The lowest BCUT2D eigenvalue weighted by molar-refractivity contribution is 1.07. The largest absolute Gasteiger partial charge is 0.288 e. The molecule has 0 saturated heterocycles. The summed E-state index contributed by atoms with van der Waals surface area (Å²) in [5, 5.41) is 24.2. The van der Waals surface area contributed by atoms with Crippen LogP contribution in [-0.2, 0) is 6.54 Å². The first kappa shape index (κ1) is 10.6. The fourth-order valence-electron chi connectivity index (χ4n) is 0.977. The molecule has 1 N–H and O–H groups in total. The van der Waals surface area contributed by atoms with Crippen molar-refractivity contribution in [3.63, 3.8) is 0 Å². The van der Waals surface area contributed by atoms with E-state index in [4.69, 9.17) is 15.9 Å².